The lowest BCUT2D eigenvalue weighted by molar-refractivity contribution is 0.602. The van der Waals surface area contributed by atoms with Gasteiger partial charge in [-0.05, 0) is 42.1 Å². The molecule has 1 unspecified atom stereocenters. The van der Waals surface area contributed by atoms with Crippen LogP contribution in [0.25, 0.3) is 5.69 Å². The molecule has 6 heteroatoms. The van der Waals surface area contributed by atoms with Crippen LogP contribution in [0.3, 0.4) is 0 Å². The minimum Gasteiger partial charge on any atom is -0.319 e. The van der Waals surface area contributed by atoms with E-state index in [1.807, 2.05) is 37.4 Å². The standard InChI is InChI=1S/C12H17N5S/c1-10(8-13-2)9-18-12-14-15-16-17(12)11-6-4-3-5-7-11/h3-7,10,13H,8-9H2,1-2H3. The second kappa shape index (κ2) is 6.51. The lowest BCUT2D eigenvalue weighted by atomic mass is 10.2. The van der Waals surface area contributed by atoms with Crippen LogP contribution in [0.5, 0.6) is 0 Å². The average molecular weight is 263 g/mol. The Labute approximate surface area is 111 Å². The summed E-state index contributed by atoms with van der Waals surface area (Å²) >= 11 is 1.68. The molecular formula is C12H17N5S. The van der Waals surface area contributed by atoms with Crippen LogP contribution in [-0.4, -0.2) is 39.6 Å². The summed E-state index contributed by atoms with van der Waals surface area (Å²) in [6.07, 6.45) is 0. The molecule has 1 atom stereocenters. The van der Waals surface area contributed by atoms with Crippen molar-refractivity contribution in [3.8, 4) is 5.69 Å². The number of tetrazole rings is 1. The Balaban J connectivity index is 2.05. The zero-order chi connectivity index (χ0) is 12.8. The summed E-state index contributed by atoms with van der Waals surface area (Å²) in [5, 5.41) is 15.9. The summed E-state index contributed by atoms with van der Waals surface area (Å²) in [6, 6.07) is 9.94. The van der Waals surface area contributed by atoms with Crippen molar-refractivity contribution < 1.29 is 0 Å². The van der Waals surface area contributed by atoms with Crippen molar-refractivity contribution in [2.45, 2.75) is 12.1 Å². The molecule has 0 saturated carbocycles. The quantitative estimate of drug-likeness (QED) is 0.802. The molecule has 0 aliphatic heterocycles. The van der Waals surface area contributed by atoms with Crippen molar-refractivity contribution in [2.24, 2.45) is 5.92 Å². The molecule has 0 aliphatic rings. The second-order valence-electron chi connectivity index (χ2n) is 4.18. The summed E-state index contributed by atoms with van der Waals surface area (Å²) in [7, 11) is 1.97. The molecule has 2 rings (SSSR count). The van der Waals surface area contributed by atoms with Crippen LogP contribution in [0, 0.1) is 5.92 Å². The van der Waals surface area contributed by atoms with E-state index in [0.717, 1.165) is 23.1 Å². The summed E-state index contributed by atoms with van der Waals surface area (Å²) in [4.78, 5) is 0. The molecule has 1 heterocycles. The summed E-state index contributed by atoms with van der Waals surface area (Å²) < 4.78 is 1.77. The Hall–Kier alpha value is -1.40. The van der Waals surface area contributed by atoms with Gasteiger partial charge in [-0.25, -0.2) is 0 Å². The van der Waals surface area contributed by atoms with Gasteiger partial charge < -0.3 is 5.32 Å². The molecule has 1 aromatic carbocycles. The fourth-order valence-corrected chi connectivity index (χ4v) is 2.53. The number of hydrogen-bond donors (Lipinski definition) is 1. The summed E-state index contributed by atoms with van der Waals surface area (Å²) in [5.41, 5.74) is 0.992. The first-order valence-corrected chi connectivity index (χ1v) is 6.91. The SMILES string of the molecule is CNCC(C)CSc1nnnn1-c1ccccc1. The van der Waals surface area contributed by atoms with Gasteiger partial charge in [0, 0.05) is 5.75 Å². The third-order valence-electron chi connectivity index (χ3n) is 2.49. The van der Waals surface area contributed by atoms with Gasteiger partial charge in [0.15, 0.2) is 0 Å². The van der Waals surface area contributed by atoms with E-state index in [1.165, 1.54) is 0 Å². The highest BCUT2D eigenvalue weighted by molar-refractivity contribution is 7.99. The first kappa shape index (κ1) is 13.0. The molecule has 0 saturated heterocycles. The Morgan fingerprint density at radius 2 is 2.11 bits per heavy atom. The second-order valence-corrected chi connectivity index (χ2v) is 5.17. The average Bonchev–Trinajstić information content (AvgIpc) is 2.86. The molecule has 18 heavy (non-hydrogen) atoms. The zero-order valence-corrected chi connectivity index (χ0v) is 11.4. The molecule has 0 fully saturated rings. The number of nitrogens with one attached hydrogen (secondary N) is 1. The number of para-hydroxylation sites is 1. The van der Waals surface area contributed by atoms with Crippen molar-refractivity contribution in [1.82, 2.24) is 25.5 Å². The molecular weight excluding hydrogens is 246 g/mol. The topological polar surface area (TPSA) is 55.6 Å². The maximum Gasteiger partial charge on any atom is 0.214 e. The van der Waals surface area contributed by atoms with Gasteiger partial charge in [-0.2, -0.15) is 4.68 Å². The van der Waals surface area contributed by atoms with Crippen molar-refractivity contribution in [2.75, 3.05) is 19.3 Å². The molecule has 0 radical (unpaired) electrons. The van der Waals surface area contributed by atoms with E-state index in [4.69, 9.17) is 0 Å². The number of benzene rings is 1. The van der Waals surface area contributed by atoms with E-state index in [9.17, 15) is 0 Å². The van der Waals surface area contributed by atoms with Gasteiger partial charge in [0.1, 0.15) is 0 Å². The van der Waals surface area contributed by atoms with Crippen LogP contribution in [-0.2, 0) is 0 Å². The lowest BCUT2D eigenvalue weighted by Crippen LogP contribution is -2.18. The highest BCUT2D eigenvalue weighted by Gasteiger charge is 2.10. The van der Waals surface area contributed by atoms with Crippen molar-refractivity contribution in [3.05, 3.63) is 30.3 Å². The Morgan fingerprint density at radius 1 is 1.33 bits per heavy atom. The summed E-state index contributed by atoms with van der Waals surface area (Å²) in [6.45, 7) is 3.21. The minimum atomic E-state index is 0.584. The van der Waals surface area contributed by atoms with Crippen molar-refractivity contribution in [1.29, 1.82) is 0 Å². The molecule has 1 N–H and O–H groups in total. The van der Waals surface area contributed by atoms with Gasteiger partial charge in [-0.15, -0.1) is 5.10 Å². The fourth-order valence-electron chi connectivity index (χ4n) is 1.62. The number of nitrogens with zero attached hydrogens (tertiary/aromatic N) is 4. The first-order chi connectivity index (χ1) is 8.81. The van der Waals surface area contributed by atoms with E-state index >= 15 is 0 Å². The monoisotopic (exact) mass is 263 g/mol. The number of rotatable bonds is 6. The smallest absolute Gasteiger partial charge is 0.214 e. The van der Waals surface area contributed by atoms with Gasteiger partial charge in [-0.1, -0.05) is 36.9 Å². The lowest BCUT2D eigenvalue weighted by Gasteiger charge is -2.09. The Kier molecular flexibility index (Phi) is 4.72. The maximum atomic E-state index is 4.07. The molecule has 0 aliphatic carbocycles. The number of thioether (sulfide) groups is 1. The van der Waals surface area contributed by atoms with Gasteiger partial charge in [0.05, 0.1) is 5.69 Å². The molecule has 1 aromatic heterocycles. The first-order valence-electron chi connectivity index (χ1n) is 5.92. The van der Waals surface area contributed by atoms with Crippen LogP contribution >= 0.6 is 11.8 Å². The van der Waals surface area contributed by atoms with Crippen LogP contribution in [0.2, 0.25) is 0 Å². The molecule has 0 spiro atoms. The molecule has 2 aromatic rings. The fraction of sp³-hybridized carbons (Fsp3) is 0.417. The third kappa shape index (κ3) is 3.30. The number of aromatic nitrogens is 4. The molecule has 5 nitrogen and oxygen atoms in total. The highest BCUT2D eigenvalue weighted by atomic mass is 32.2. The van der Waals surface area contributed by atoms with Gasteiger partial charge in [-0.3, -0.25) is 0 Å². The van der Waals surface area contributed by atoms with Crippen LogP contribution < -0.4 is 5.32 Å². The Morgan fingerprint density at radius 3 is 2.83 bits per heavy atom. The van der Waals surface area contributed by atoms with E-state index in [0.29, 0.717) is 5.92 Å². The largest absolute Gasteiger partial charge is 0.319 e. The molecule has 0 amide bonds. The summed E-state index contributed by atoms with van der Waals surface area (Å²) in [5.74, 6) is 1.58. The minimum absolute atomic E-state index is 0.584. The molecule has 96 valence electrons. The molecule has 0 bridgehead atoms. The van der Waals surface area contributed by atoms with Crippen LogP contribution in [0.1, 0.15) is 6.92 Å². The highest BCUT2D eigenvalue weighted by Crippen LogP contribution is 2.20. The van der Waals surface area contributed by atoms with Gasteiger partial charge in [0.25, 0.3) is 0 Å². The van der Waals surface area contributed by atoms with Crippen molar-refractivity contribution in [3.63, 3.8) is 0 Å². The van der Waals surface area contributed by atoms with Crippen LogP contribution in [0.15, 0.2) is 35.5 Å². The predicted molar refractivity (Wildman–Crippen MR) is 73.0 cm³/mol. The normalized spacial score (nSPS) is 12.6. The predicted octanol–water partition coefficient (Wildman–Crippen LogP) is 1.61. The Bertz CT molecular complexity index is 470. The maximum absolute atomic E-state index is 4.07. The van der Waals surface area contributed by atoms with E-state index in [1.54, 1.807) is 16.4 Å². The van der Waals surface area contributed by atoms with Crippen molar-refractivity contribution >= 4 is 11.8 Å². The van der Waals surface area contributed by atoms with Crippen LogP contribution in [0.4, 0.5) is 0 Å². The van der Waals surface area contributed by atoms with E-state index < -0.39 is 0 Å². The third-order valence-corrected chi connectivity index (χ3v) is 3.74. The van der Waals surface area contributed by atoms with E-state index in [-0.39, 0.29) is 0 Å². The number of hydrogen-bond acceptors (Lipinski definition) is 5. The zero-order valence-electron chi connectivity index (χ0n) is 10.6. The van der Waals surface area contributed by atoms with Gasteiger partial charge >= 0.3 is 0 Å². The van der Waals surface area contributed by atoms with E-state index in [2.05, 4.69) is 27.8 Å². The van der Waals surface area contributed by atoms with Gasteiger partial charge in [0.2, 0.25) is 5.16 Å².